The van der Waals surface area contributed by atoms with Gasteiger partial charge in [-0.1, -0.05) is 0 Å². The summed E-state index contributed by atoms with van der Waals surface area (Å²) in [4.78, 5) is 24.6. The van der Waals surface area contributed by atoms with Crippen LogP contribution < -0.4 is 0 Å². The van der Waals surface area contributed by atoms with E-state index in [4.69, 9.17) is 0 Å². The van der Waals surface area contributed by atoms with Gasteiger partial charge in [0.15, 0.2) is 0 Å². The van der Waals surface area contributed by atoms with E-state index < -0.39 is 11.0 Å². The summed E-state index contributed by atoms with van der Waals surface area (Å²) in [6.45, 7) is 8.33. The van der Waals surface area contributed by atoms with Crippen LogP contribution in [0.1, 0.15) is 36.8 Å². The summed E-state index contributed by atoms with van der Waals surface area (Å²) in [7, 11) is 1.70. The number of nitro groups is 1. The Morgan fingerprint density at radius 2 is 2.00 bits per heavy atom. The average Bonchev–Trinajstić information content (AvgIpc) is 3.09. The largest absolute Gasteiger partial charge is 0.339 e. The quantitative estimate of drug-likeness (QED) is 0.593. The maximum Gasteiger partial charge on any atom is 0.309 e. The summed E-state index contributed by atoms with van der Waals surface area (Å²) in [5, 5.41) is 19.4. The Kier molecular flexibility index (Phi) is 5.01. The lowest BCUT2D eigenvalue weighted by atomic mass is 10.2. The van der Waals surface area contributed by atoms with E-state index in [0.29, 0.717) is 12.2 Å². The van der Waals surface area contributed by atoms with E-state index >= 15 is 0 Å². The molecule has 0 aliphatic carbocycles. The fourth-order valence-corrected chi connectivity index (χ4v) is 2.49. The third kappa shape index (κ3) is 3.44. The molecule has 9 heteroatoms. The smallest absolute Gasteiger partial charge is 0.309 e. The molecule has 1 atom stereocenters. The Hall–Kier alpha value is -2.71. The fourth-order valence-electron chi connectivity index (χ4n) is 2.49. The molecule has 2 aromatic rings. The third-order valence-corrected chi connectivity index (χ3v) is 4.00. The molecular formula is C15H22N6O3. The summed E-state index contributed by atoms with van der Waals surface area (Å²) in [5.41, 5.74) is 2.07. The van der Waals surface area contributed by atoms with Gasteiger partial charge in [-0.25, -0.2) is 0 Å². The predicted molar refractivity (Wildman–Crippen MR) is 87.4 cm³/mol. The number of nitrogens with zero attached hydrogens (tertiary/aromatic N) is 6. The molecular weight excluding hydrogens is 312 g/mol. The Morgan fingerprint density at radius 1 is 1.33 bits per heavy atom. The van der Waals surface area contributed by atoms with Crippen molar-refractivity contribution in [2.45, 2.75) is 46.8 Å². The van der Waals surface area contributed by atoms with Gasteiger partial charge in [-0.3, -0.25) is 24.3 Å². The van der Waals surface area contributed by atoms with Crippen LogP contribution in [-0.4, -0.2) is 42.3 Å². The minimum atomic E-state index is -0.621. The molecule has 0 spiro atoms. The van der Waals surface area contributed by atoms with Crippen molar-refractivity contribution < 1.29 is 9.72 Å². The maximum absolute atomic E-state index is 12.6. The second kappa shape index (κ2) is 6.81. The first-order valence-electron chi connectivity index (χ1n) is 7.72. The van der Waals surface area contributed by atoms with Gasteiger partial charge in [0, 0.05) is 31.9 Å². The maximum atomic E-state index is 12.6. The number of aromatic nitrogens is 4. The van der Waals surface area contributed by atoms with Crippen molar-refractivity contribution >= 4 is 11.6 Å². The standard InChI is InChI=1S/C15H22N6O3/c1-6-19-8-13(10(2)16-19)7-18(5)15(22)12(4)20-9-14(21(23)24)11(3)17-20/h8-9,12H,6-7H2,1-5H3/t12-/m0/s1. The zero-order valence-corrected chi connectivity index (χ0v) is 14.6. The highest BCUT2D eigenvalue weighted by Crippen LogP contribution is 2.20. The first-order chi connectivity index (χ1) is 11.2. The predicted octanol–water partition coefficient (Wildman–Crippen LogP) is 1.84. The van der Waals surface area contributed by atoms with Crippen molar-refractivity contribution in [3.8, 4) is 0 Å². The van der Waals surface area contributed by atoms with Crippen molar-refractivity contribution in [3.05, 3.63) is 39.5 Å². The highest BCUT2D eigenvalue weighted by Gasteiger charge is 2.24. The van der Waals surface area contributed by atoms with Gasteiger partial charge in [-0.2, -0.15) is 10.2 Å². The summed E-state index contributed by atoms with van der Waals surface area (Å²) < 4.78 is 3.17. The van der Waals surface area contributed by atoms with E-state index in [1.807, 2.05) is 24.7 Å². The molecule has 2 aromatic heterocycles. The number of likely N-dealkylation sites (N-methyl/N-ethyl adjacent to an activating group) is 1. The SMILES string of the molecule is CCn1cc(CN(C)C(=O)[C@H](C)n2cc([N+](=O)[O-])c(C)n2)c(C)n1. The van der Waals surface area contributed by atoms with E-state index in [2.05, 4.69) is 10.2 Å². The lowest BCUT2D eigenvalue weighted by Gasteiger charge is -2.21. The van der Waals surface area contributed by atoms with E-state index in [1.165, 1.54) is 10.9 Å². The van der Waals surface area contributed by atoms with Crippen molar-refractivity contribution in [1.82, 2.24) is 24.5 Å². The molecule has 0 aliphatic heterocycles. The molecule has 0 saturated carbocycles. The Bertz CT molecular complexity index is 763. The minimum Gasteiger partial charge on any atom is -0.339 e. The molecule has 2 rings (SSSR count). The second-order valence-corrected chi connectivity index (χ2v) is 5.80. The van der Waals surface area contributed by atoms with Gasteiger partial charge in [0.25, 0.3) is 0 Å². The zero-order valence-electron chi connectivity index (χ0n) is 14.6. The highest BCUT2D eigenvalue weighted by molar-refractivity contribution is 5.79. The van der Waals surface area contributed by atoms with Gasteiger partial charge in [0.2, 0.25) is 5.91 Å². The van der Waals surface area contributed by atoms with E-state index in [9.17, 15) is 14.9 Å². The average molecular weight is 334 g/mol. The van der Waals surface area contributed by atoms with Crippen LogP contribution >= 0.6 is 0 Å². The first kappa shape index (κ1) is 17.6. The van der Waals surface area contributed by atoms with Gasteiger partial charge in [0.05, 0.1) is 10.6 Å². The van der Waals surface area contributed by atoms with Gasteiger partial charge in [0.1, 0.15) is 17.9 Å². The number of hydrogen-bond donors (Lipinski definition) is 0. The highest BCUT2D eigenvalue weighted by atomic mass is 16.6. The normalized spacial score (nSPS) is 12.2. The molecule has 0 bridgehead atoms. The van der Waals surface area contributed by atoms with Crippen molar-refractivity contribution in [3.63, 3.8) is 0 Å². The molecule has 0 unspecified atom stereocenters. The number of amides is 1. The van der Waals surface area contributed by atoms with Crippen molar-refractivity contribution in [1.29, 1.82) is 0 Å². The van der Waals surface area contributed by atoms with Gasteiger partial charge >= 0.3 is 5.69 Å². The number of carbonyl (C=O) groups is 1. The van der Waals surface area contributed by atoms with Gasteiger partial charge in [-0.15, -0.1) is 0 Å². The molecule has 1 amide bonds. The number of carbonyl (C=O) groups excluding carboxylic acids is 1. The summed E-state index contributed by atoms with van der Waals surface area (Å²) in [6, 6.07) is -0.621. The molecule has 130 valence electrons. The molecule has 2 heterocycles. The molecule has 24 heavy (non-hydrogen) atoms. The van der Waals surface area contributed by atoms with E-state index in [0.717, 1.165) is 17.8 Å². The molecule has 0 saturated heterocycles. The van der Waals surface area contributed by atoms with Crippen LogP contribution in [0.25, 0.3) is 0 Å². The summed E-state index contributed by atoms with van der Waals surface area (Å²) in [6.07, 6.45) is 3.22. The van der Waals surface area contributed by atoms with E-state index in [1.54, 1.807) is 25.8 Å². The third-order valence-electron chi connectivity index (χ3n) is 4.00. The van der Waals surface area contributed by atoms with Crippen LogP contribution in [0.4, 0.5) is 5.69 Å². The zero-order chi connectivity index (χ0) is 18.0. The minimum absolute atomic E-state index is 0.0858. The van der Waals surface area contributed by atoms with Crippen molar-refractivity contribution in [2.24, 2.45) is 0 Å². The molecule has 0 aliphatic rings. The molecule has 0 N–H and O–H groups in total. The van der Waals surface area contributed by atoms with Crippen LogP contribution in [0.5, 0.6) is 0 Å². The number of hydrogen-bond acceptors (Lipinski definition) is 5. The number of aryl methyl sites for hydroxylation is 3. The molecule has 9 nitrogen and oxygen atoms in total. The molecule has 0 fully saturated rings. The lowest BCUT2D eigenvalue weighted by Crippen LogP contribution is -2.33. The Morgan fingerprint density at radius 3 is 2.50 bits per heavy atom. The second-order valence-electron chi connectivity index (χ2n) is 5.80. The van der Waals surface area contributed by atoms with Crippen LogP contribution in [0.3, 0.4) is 0 Å². The Labute approximate surface area is 140 Å². The van der Waals surface area contributed by atoms with Crippen LogP contribution in [-0.2, 0) is 17.9 Å². The number of rotatable bonds is 6. The molecule has 0 radical (unpaired) electrons. The lowest BCUT2D eigenvalue weighted by molar-refractivity contribution is -0.385. The van der Waals surface area contributed by atoms with Crippen LogP contribution in [0, 0.1) is 24.0 Å². The fraction of sp³-hybridized carbons (Fsp3) is 0.533. The molecule has 0 aromatic carbocycles. The van der Waals surface area contributed by atoms with Gasteiger partial charge in [-0.05, 0) is 27.7 Å². The summed E-state index contributed by atoms with van der Waals surface area (Å²) in [5.74, 6) is -0.170. The van der Waals surface area contributed by atoms with Crippen molar-refractivity contribution in [2.75, 3.05) is 7.05 Å². The topological polar surface area (TPSA) is 99.1 Å². The first-order valence-corrected chi connectivity index (χ1v) is 7.72. The van der Waals surface area contributed by atoms with E-state index in [-0.39, 0.29) is 11.6 Å². The van der Waals surface area contributed by atoms with Crippen LogP contribution in [0.2, 0.25) is 0 Å². The van der Waals surface area contributed by atoms with Crippen LogP contribution in [0.15, 0.2) is 12.4 Å². The van der Waals surface area contributed by atoms with Gasteiger partial charge < -0.3 is 4.90 Å². The Balaban J connectivity index is 2.13. The summed E-state index contributed by atoms with van der Waals surface area (Å²) >= 11 is 0. The monoisotopic (exact) mass is 334 g/mol.